The van der Waals surface area contributed by atoms with Crippen molar-refractivity contribution in [2.75, 3.05) is 0 Å². The second kappa shape index (κ2) is 5.10. The van der Waals surface area contributed by atoms with Gasteiger partial charge in [0.25, 0.3) is 0 Å². The predicted octanol–water partition coefficient (Wildman–Crippen LogP) is 4.30. The van der Waals surface area contributed by atoms with E-state index in [9.17, 15) is 13.2 Å². The molecule has 100 valence electrons. The van der Waals surface area contributed by atoms with Crippen molar-refractivity contribution in [2.45, 2.75) is 37.6 Å². The summed E-state index contributed by atoms with van der Waals surface area (Å²) in [5.41, 5.74) is 6.54. The number of hydrogen-bond acceptors (Lipinski definition) is 1. The van der Waals surface area contributed by atoms with E-state index in [2.05, 4.69) is 0 Å². The van der Waals surface area contributed by atoms with Gasteiger partial charge in [-0.3, -0.25) is 0 Å². The lowest BCUT2D eigenvalue weighted by Crippen LogP contribution is -2.31. The minimum Gasteiger partial charge on any atom is -0.324 e. The summed E-state index contributed by atoms with van der Waals surface area (Å²) in [6.07, 6.45) is 0.388. The van der Waals surface area contributed by atoms with Gasteiger partial charge < -0.3 is 5.73 Å². The predicted molar refractivity (Wildman–Crippen MR) is 65.2 cm³/mol. The van der Waals surface area contributed by atoms with Crippen LogP contribution in [0.3, 0.4) is 0 Å². The Balaban J connectivity index is 2.12. The fourth-order valence-corrected chi connectivity index (χ4v) is 2.69. The molecule has 1 unspecified atom stereocenters. The first-order valence-corrected chi connectivity index (χ1v) is 6.35. The number of alkyl halides is 2. The summed E-state index contributed by atoms with van der Waals surface area (Å²) in [7, 11) is 0. The molecule has 1 aromatic rings. The van der Waals surface area contributed by atoms with Crippen LogP contribution in [0.4, 0.5) is 13.2 Å². The molecule has 1 aliphatic rings. The fraction of sp³-hybridized carbons (Fsp3) is 0.538. The van der Waals surface area contributed by atoms with E-state index >= 15 is 0 Å². The summed E-state index contributed by atoms with van der Waals surface area (Å²) in [6.45, 7) is 0. The third-order valence-corrected chi connectivity index (χ3v) is 3.93. The molecule has 1 nitrogen and oxygen atoms in total. The van der Waals surface area contributed by atoms with Gasteiger partial charge in [0.2, 0.25) is 5.92 Å². The number of nitrogens with two attached hydrogens (primary N) is 1. The topological polar surface area (TPSA) is 26.0 Å². The highest BCUT2D eigenvalue weighted by Crippen LogP contribution is 2.41. The molecule has 1 saturated carbocycles. The maximum Gasteiger partial charge on any atom is 0.248 e. The van der Waals surface area contributed by atoms with E-state index in [-0.39, 0.29) is 18.8 Å². The van der Waals surface area contributed by atoms with Crippen LogP contribution >= 0.6 is 11.6 Å². The van der Waals surface area contributed by atoms with E-state index in [4.69, 9.17) is 17.3 Å². The van der Waals surface area contributed by atoms with Gasteiger partial charge in [-0.25, -0.2) is 13.2 Å². The van der Waals surface area contributed by atoms with E-state index in [1.165, 1.54) is 18.2 Å². The first-order valence-electron chi connectivity index (χ1n) is 5.97. The molecule has 2 N–H and O–H groups in total. The quantitative estimate of drug-likeness (QED) is 0.857. The molecule has 18 heavy (non-hydrogen) atoms. The van der Waals surface area contributed by atoms with Crippen molar-refractivity contribution < 1.29 is 13.2 Å². The van der Waals surface area contributed by atoms with Gasteiger partial charge in [0.05, 0.1) is 0 Å². The first-order chi connectivity index (χ1) is 8.39. The van der Waals surface area contributed by atoms with Gasteiger partial charge >= 0.3 is 0 Å². The highest BCUT2D eigenvalue weighted by Gasteiger charge is 2.37. The van der Waals surface area contributed by atoms with Crippen LogP contribution in [0.2, 0.25) is 5.02 Å². The molecule has 2 rings (SSSR count). The van der Waals surface area contributed by atoms with Crippen molar-refractivity contribution in [3.8, 4) is 0 Å². The van der Waals surface area contributed by atoms with E-state index in [1.807, 2.05) is 0 Å². The van der Waals surface area contributed by atoms with Crippen LogP contribution in [0, 0.1) is 11.7 Å². The molecule has 5 heteroatoms. The molecular formula is C13H15ClF3N. The smallest absolute Gasteiger partial charge is 0.248 e. The van der Waals surface area contributed by atoms with Gasteiger partial charge in [-0.15, -0.1) is 0 Å². The fourth-order valence-electron chi connectivity index (χ4n) is 2.45. The van der Waals surface area contributed by atoms with Gasteiger partial charge in [0.15, 0.2) is 0 Å². The Labute approximate surface area is 109 Å². The summed E-state index contributed by atoms with van der Waals surface area (Å²) in [5, 5.41) is 0.390. The van der Waals surface area contributed by atoms with Crippen molar-refractivity contribution in [1.29, 1.82) is 0 Å². The van der Waals surface area contributed by atoms with Crippen molar-refractivity contribution in [2.24, 2.45) is 11.7 Å². The van der Waals surface area contributed by atoms with Gasteiger partial charge in [0, 0.05) is 23.9 Å². The maximum atomic E-state index is 13.2. The highest BCUT2D eigenvalue weighted by molar-refractivity contribution is 6.31. The molecule has 1 atom stereocenters. The van der Waals surface area contributed by atoms with Crippen molar-refractivity contribution >= 4 is 11.6 Å². The number of hydrogen-bond donors (Lipinski definition) is 1. The van der Waals surface area contributed by atoms with Crippen molar-refractivity contribution in [3.05, 3.63) is 34.6 Å². The summed E-state index contributed by atoms with van der Waals surface area (Å²) in [4.78, 5) is 0. The zero-order valence-corrected chi connectivity index (χ0v) is 10.6. The SMILES string of the molecule is NC(c1cc(F)ccc1Cl)C1CCC(F)(F)CC1. The molecule has 1 fully saturated rings. The van der Waals surface area contributed by atoms with Crippen LogP contribution in [-0.2, 0) is 0 Å². The van der Waals surface area contributed by atoms with Crippen LogP contribution in [-0.4, -0.2) is 5.92 Å². The lowest BCUT2D eigenvalue weighted by atomic mass is 9.80. The standard InChI is InChI=1S/C13H15ClF3N/c14-11-2-1-9(15)7-10(11)12(18)8-3-5-13(16,17)6-4-8/h1-2,7-8,12H,3-6,18H2. The van der Waals surface area contributed by atoms with E-state index < -0.39 is 17.8 Å². The second-order valence-electron chi connectivity index (χ2n) is 4.88. The Hall–Kier alpha value is -0.740. The van der Waals surface area contributed by atoms with Gasteiger partial charge in [0.1, 0.15) is 5.82 Å². The average molecular weight is 278 g/mol. The first kappa shape index (κ1) is 13.7. The average Bonchev–Trinajstić information content (AvgIpc) is 2.31. The lowest BCUT2D eigenvalue weighted by molar-refractivity contribution is -0.0483. The Kier molecular flexibility index (Phi) is 3.87. The van der Waals surface area contributed by atoms with E-state index in [0.29, 0.717) is 23.4 Å². The molecule has 0 aliphatic heterocycles. The third kappa shape index (κ3) is 2.98. The lowest BCUT2D eigenvalue weighted by Gasteiger charge is -2.32. The highest BCUT2D eigenvalue weighted by atomic mass is 35.5. The van der Waals surface area contributed by atoms with Crippen LogP contribution in [0.5, 0.6) is 0 Å². The third-order valence-electron chi connectivity index (χ3n) is 3.59. The van der Waals surface area contributed by atoms with Gasteiger partial charge in [-0.1, -0.05) is 11.6 Å². The largest absolute Gasteiger partial charge is 0.324 e. The zero-order chi connectivity index (χ0) is 13.3. The van der Waals surface area contributed by atoms with E-state index in [0.717, 1.165) is 0 Å². The van der Waals surface area contributed by atoms with Crippen LogP contribution in [0.15, 0.2) is 18.2 Å². The summed E-state index contributed by atoms with van der Waals surface area (Å²) in [6, 6.07) is 3.51. The zero-order valence-electron chi connectivity index (χ0n) is 9.80. The molecule has 0 heterocycles. The monoisotopic (exact) mass is 277 g/mol. The molecule has 0 bridgehead atoms. The molecule has 0 radical (unpaired) electrons. The van der Waals surface area contributed by atoms with Crippen LogP contribution in [0.25, 0.3) is 0 Å². The molecule has 1 aromatic carbocycles. The Morgan fingerprint density at radius 2 is 1.89 bits per heavy atom. The Bertz CT molecular complexity index is 426. The molecule has 0 amide bonds. The molecule has 0 spiro atoms. The summed E-state index contributed by atoms with van der Waals surface area (Å²) >= 11 is 5.97. The summed E-state index contributed by atoms with van der Waals surface area (Å²) < 4.78 is 39.3. The van der Waals surface area contributed by atoms with Crippen LogP contribution < -0.4 is 5.73 Å². The molecule has 0 aromatic heterocycles. The van der Waals surface area contributed by atoms with Crippen molar-refractivity contribution in [3.63, 3.8) is 0 Å². The van der Waals surface area contributed by atoms with Gasteiger partial charge in [-0.2, -0.15) is 0 Å². The Morgan fingerprint density at radius 1 is 1.28 bits per heavy atom. The number of rotatable bonds is 2. The second-order valence-corrected chi connectivity index (χ2v) is 5.29. The molecule has 0 saturated heterocycles. The Morgan fingerprint density at radius 3 is 2.50 bits per heavy atom. The van der Waals surface area contributed by atoms with Crippen molar-refractivity contribution in [1.82, 2.24) is 0 Å². The minimum atomic E-state index is -2.58. The van der Waals surface area contributed by atoms with E-state index in [1.54, 1.807) is 0 Å². The summed E-state index contributed by atoms with van der Waals surface area (Å²) in [5.74, 6) is -3.06. The molecule has 1 aliphatic carbocycles. The number of benzene rings is 1. The number of halogens is 4. The minimum absolute atomic E-state index is 0.0658. The molecular weight excluding hydrogens is 263 g/mol. The van der Waals surface area contributed by atoms with Gasteiger partial charge in [-0.05, 0) is 42.5 Å². The van der Waals surface area contributed by atoms with Crippen LogP contribution in [0.1, 0.15) is 37.3 Å². The normalized spacial score (nSPS) is 21.8. The maximum absolute atomic E-state index is 13.2.